The molecule has 0 atom stereocenters. The van der Waals surface area contributed by atoms with Gasteiger partial charge in [-0.05, 0) is 29.0 Å². The lowest BCUT2D eigenvalue weighted by Crippen LogP contribution is -2.10. The highest BCUT2D eigenvalue weighted by molar-refractivity contribution is 6.50. The van der Waals surface area contributed by atoms with Crippen molar-refractivity contribution in [3.63, 3.8) is 0 Å². The first-order chi connectivity index (χ1) is 7.88. The minimum Gasteiger partial charge on any atom is -0.335 e. The van der Waals surface area contributed by atoms with Crippen molar-refractivity contribution < 1.29 is 4.32 Å². The van der Waals surface area contributed by atoms with E-state index in [9.17, 15) is 4.32 Å². The van der Waals surface area contributed by atoms with Gasteiger partial charge >= 0.3 is 7.56 Å². The highest BCUT2D eigenvalue weighted by atomic mass is 19.1. The minimum absolute atomic E-state index is 0.579. The molecule has 16 heavy (non-hydrogen) atoms. The number of para-hydroxylation sites is 1. The summed E-state index contributed by atoms with van der Waals surface area (Å²) in [6.07, 6.45) is 0. The molecule has 0 saturated carbocycles. The molecule has 1 radical (unpaired) electrons. The Bertz CT molecular complexity index is 666. The Balaban J connectivity index is 2.46. The molecule has 1 aromatic heterocycles. The maximum atomic E-state index is 12.7. The van der Waals surface area contributed by atoms with E-state index in [4.69, 9.17) is 0 Å². The number of fused-ring (bicyclic) bond motifs is 2. The number of pyridine rings is 1. The molecule has 0 spiro atoms. The van der Waals surface area contributed by atoms with Crippen molar-refractivity contribution in [2.45, 2.75) is 0 Å². The first kappa shape index (κ1) is 9.34. The maximum Gasteiger partial charge on any atom is 0.392 e. The number of halogens is 1. The van der Waals surface area contributed by atoms with Crippen LogP contribution in [0, 0.1) is 0 Å². The van der Waals surface area contributed by atoms with Crippen molar-refractivity contribution in [2.75, 3.05) is 0 Å². The maximum absolute atomic E-state index is 12.7. The molecule has 1 nitrogen and oxygen atoms in total. The molecule has 3 aromatic rings. The van der Waals surface area contributed by atoms with Crippen molar-refractivity contribution in [2.24, 2.45) is 0 Å². The quantitative estimate of drug-likeness (QED) is 0.442. The molecule has 2 aromatic carbocycles. The first-order valence-electron chi connectivity index (χ1n) is 5.10. The summed E-state index contributed by atoms with van der Waals surface area (Å²) in [5, 5.41) is 1.88. The van der Waals surface area contributed by atoms with Crippen LogP contribution in [0.2, 0.25) is 0 Å². The van der Waals surface area contributed by atoms with Crippen LogP contribution >= 0.6 is 0 Å². The number of aromatic nitrogens is 1. The van der Waals surface area contributed by atoms with Crippen LogP contribution < -0.4 is 5.46 Å². The summed E-state index contributed by atoms with van der Waals surface area (Å²) >= 11 is 0. The van der Waals surface area contributed by atoms with Gasteiger partial charge in [0, 0.05) is 5.39 Å². The highest BCUT2D eigenvalue weighted by Gasteiger charge is 2.04. The van der Waals surface area contributed by atoms with E-state index in [1.54, 1.807) is 6.07 Å². The average Bonchev–Trinajstić information content (AvgIpc) is 2.35. The molecule has 0 bridgehead atoms. The highest BCUT2D eigenvalue weighted by Crippen LogP contribution is 2.17. The number of rotatable bonds is 1. The normalized spacial score (nSPS) is 10.8. The van der Waals surface area contributed by atoms with Gasteiger partial charge in [-0.1, -0.05) is 30.3 Å². The number of benzene rings is 2. The summed E-state index contributed by atoms with van der Waals surface area (Å²) in [6, 6.07) is 15.3. The predicted octanol–water partition coefficient (Wildman–Crippen LogP) is 2.60. The number of hydrogen-bond donors (Lipinski definition) is 0. The Morgan fingerprint density at radius 1 is 0.938 bits per heavy atom. The van der Waals surface area contributed by atoms with Crippen LogP contribution in [0.1, 0.15) is 0 Å². The lowest BCUT2D eigenvalue weighted by molar-refractivity contribution is 0.885. The zero-order valence-electron chi connectivity index (χ0n) is 8.52. The Labute approximate surface area is 93.2 Å². The lowest BCUT2D eigenvalue weighted by Gasteiger charge is -2.04. The third-order valence-electron chi connectivity index (χ3n) is 2.71. The van der Waals surface area contributed by atoms with E-state index in [0.29, 0.717) is 13.0 Å². The van der Waals surface area contributed by atoms with Crippen LogP contribution in [0.4, 0.5) is 4.32 Å². The molecule has 1 heterocycles. The second kappa shape index (κ2) is 3.60. The van der Waals surface area contributed by atoms with Crippen molar-refractivity contribution in [1.82, 2.24) is 4.98 Å². The summed E-state index contributed by atoms with van der Waals surface area (Å²) in [4.78, 5) is 4.50. The first-order valence-corrected chi connectivity index (χ1v) is 5.10. The second-order valence-electron chi connectivity index (χ2n) is 3.70. The van der Waals surface area contributed by atoms with E-state index in [1.165, 1.54) is 0 Å². The van der Waals surface area contributed by atoms with Gasteiger partial charge in [-0.15, -0.1) is 0 Å². The van der Waals surface area contributed by atoms with E-state index in [2.05, 4.69) is 4.98 Å². The fourth-order valence-corrected chi connectivity index (χ4v) is 1.92. The van der Waals surface area contributed by atoms with Crippen LogP contribution in [0.3, 0.4) is 0 Å². The summed E-state index contributed by atoms with van der Waals surface area (Å²) in [5.74, 6) is 0. The zero-order valence-corrected chi connectivity index (χ0v) is 8.52. The third kappa shape index (κ3) is 1.36. The molecule has 3 rings (SSSR count). The van der Waals surface area contributed by atoms with Gasteiger partial charge in [0.15, 0.2) is 0 Å². The average molecular weight is 208 g/mol. The molecule has 0 aliphatic rings. The van der Waals surface area contributed by atoms with E-state index < -0.39 is 0 Å². The molecule has 75 valence electrons. The molecule has 0 saturated heterocycles. The van der Waals surface area contributed by atoms with Crippen LogP contribution in [-0.4, -0.2) is 12.5 Å². The fraction of sp³-hybridized carbons (Fsp3) is 0. The van der Waals surface area contributed by atoms with Crippen LogP contribution in [-0.2, 0) is 0 Å². The fourth-order valence-electron chi connectivity index (χ4n) is 1.92. The van der Waals surface area contributed by atoms with Crippen molar-refractivity contribution >= 4 is 34.8 Å². The van der Waals surface area contributed by atoms with Crippen molar-refractivity contribution in [1.29, 1.82) is 0 Å². The smallest absolute Gasteiger partial charge is 0.335 e. The Morgan fingerprint density at radius 2 is 1.75 bits per heavy atom. The SMILES string of the molecule is F[B]c1cccc2nc3ccccc3cc12. The summed E-state index contributed by atoms with van der Waals surface area (Å²) in [7, 11) is 0.624. The lowest BCUT2D eigenvalue weighted by atomic mass is 9.87. The largest absolute Gasteiger partial charge is 0.392 e. The number of hydrogen-bond acceptors (Lipinski definition) is 1. The zero-order chi connectivity index (χ0) is 11.0. The van der Waals surface area contributed by atoms with E-state index in [1.807, 2.05) is 42.5 Å². The minimum atomic E-state index is 0.579. The molecule has 0 N–H and O–H groups in total. The summed E-state index contributed by atoms with van der Waals surface area (Å²) in [5.41, 5.74) is 2.34. The second-order valence-corrected chi connectivity index (χ2v) is 3.70. The Kier molecular flexibility index (Phi) is 2.10. The van der Waals surface area contributed by atoms with Gasteiger partial charge in [0.25, 0.3) is 0 Å². The monoisotopic (exact) mass is 208 g/mol. The third-order valence-corrected chi connectivity index (χ3v) is 2.71. The standard InChI is InChI=1S/C13H8BFN/c15-14-11-5-3-7-13-10(11)8-9-4-1-2-6-12(9)16-13/h1-8H. The van der Waals surface area contributed by atoms with Gasteiger partial charge in [-0.2, -0.15) is 0 Å². The molecule has 0 aliphatic heterocycles. The van der Waals surface area contributed by atoms with Crippen LogP contribution in [0.25, 0.3) is 21.8 Å². The molecule has 0 unspecified atom stereocenters. The predicted molar refractivity (Wildman–Crippen MR) is 65.7 cm³/mol. The topological polar surface area (TPSA) is 12.9 Å². The Hall–Kier alpha value is -1.90. The molecule has 3 heteroatoms. The molecular formula is C13H8BFN. The summed E-state index contributed by atoms with van der Waals surface area (Å²) in [6.45, 7) is 0. The van der Waals surface area contributed by atoms with Gasteiger partial charge in [0.2, 0.25) is 0 Å². The van der Waals surface area contributed by atoms with Crippen molar-refractivity contribution in [3.05, 3.63) is 48.5 Å². The van der Waals surface area contributed by atoms with Gasteiger partial charge in [0.1, 0.15) is 0 Å². The van der Waals surface area contributed by atoms with Crippen LogP contribution in [0.15, 0.2) is 48.5 Å². The van der Waals surface area contributed by atoms with Gasteiger partial charge < -0.3 is 4.32 Å². The molecular weight excluding hydrogens is 200 g/mol. The van der Waals surface area contributed by atoms with Crippen LogP contribution in [0.5, 0.6) is 0 Å². The van der Waals surface area contributed by atoms with Gasteiger partial charge in [-0.25, -0.2) is 4.98 Å². The molecule has 0 amide bonds. The van der Waals surface area contributed by atoms with Gasteiger partial charge in [0.05, 0.1) is 11.0 Å². The molecule has 0 fully saturated rings. The van der Waals surface area contributed by atoms with E-state index >= 15 is 0 Å². The summed E-state index contributed by atoms with van der Waals surface area (Å²) < 4.78 is 12.7. The van der Waals surface area contributed by atoms with Gasteiger partial charge in [-0.3, -0.25) is 0 Å². The van der Waals surface area contributed by atoms with Crippen molar-refractivity contribution in [3.8, 4) is 0 Å². The van der Waals surface area contributed by atoms with E-state index in [-0.39, 0.29) is 0 Å². The molecule has 0 aliphatic carbocycles. The number of nitrogens with zero attached hydrogens (tertiary/aromatic N) is 1. The van der Waals surface area contributed by atoms with E-state index in [0.717, 1.165) is 21.8 Å². The Morgan fingerprint density at radius 3 is 2.62 bits per heavy atom.